The van der Waals surface area contributed by atoms with Crippen molar-refractivity contribution >= 4 is 19.9 Å². The fourth-order valence-electron chi connectivity index (χ4n) is 3.94. The molecule has 34 heavy (non-hydrogen) atoms. The van der Waals surface area contributed by atoms with E-state index in [-0.39, 0.29) is 17.6 Å². The Kier molecular flexibility index (Phi) is 8.25. The highest BCUT2D eigenvalue weighted by Crippen LogP contribution is 2.39. The summed E-state index contributed by atoms with van der Waals surface area (Å²) >= 11 is 0. The average molecular weight is 479 g/mol. The molecule has 0 amide bonds. The first-order valence-corrected chi connectivity index (χ1v) is 15.4. The summed E-state index contributed by atoms with van der Waals surface area (Å²) in [6.07, 6.45) is 5.77. The Morgan fingerprint density at radius 1 is 1.00 bits per heavy atom. The van der Waals surface area contributed by atoms with Gasteiger partial charge in [0, 0.05) is 6.42 Å². The lowest BCUT2D eigenvalue weighted by molar-refractivity contribution is -0.153. The van der Waals surface area contributed by atoms with E-state index in [0.717, 1.165) is 24.0 Å². The van der Waals surface area contributed by atoms with E-state index in [1.54, 1.807) is 0 Å². The van der Waals surface area contributed by atoms with Gasteiger partial charge in [0.2, 0.25) is 0 Å². The molecule has 0 unspecified atom stereocenters. The summed E-state index contributed by atoms with van der Waals surface area (Å²) in [7, 11) is -2.15. The van der Waals surface area contributed by atoms with Crippen LogP contribution in [0.5, 0.6) is 0 Å². The van der Waals surface area contributed by atoms with Crippen molar-refractivity contribution in [3.63, 3.8) is 0 Å². The van der Waals surface area contributed by atoms with Crippen molar-refractivity contribution in [2.45, 2.75) is 91.1 Å². The predicted molar refractivity (Wildman–Crippen MR) is 144 cm³/mol. The number of benzene rings is 2. The molecule has 0 radical (unpaired) electrons. The maximum absolute atomic E-state index is 13.2. The van der Waals surface area contributed by atoms with Crippen molar-refractivity contribution in [2.24, 2.45) is 5.41 Å². The SMILES string of the molecule is CC1(C)CC=C(c2ccc(C[C@@H](O[Si](C)(C)C(C)(C)C)C(=O)OCc3ccccc3)cc2)CC1. The van der Waals surface area contributed by atoms with Crippen molar-refractivity contribution in [3.05, 3.63) is 77.4 Å². The second kappa shape index (κ2) is 10.6. The molecular weight excluding hydrogens is 436 g/mol. The molecule has 3 rings (SSSR count). The van der Waals surface area contributed by atoms with Crippen LogP contribution < -0.4 is 0 Å². The van der Waals surface area contributed by atoms with Gasteiger partial charge < -0.3 is 9.16 Å². The summed E-state index contributed by atoms with van der Waals surface area (Å²) in [4.78, 5) is 13.2. The lowest BCUT2D eigenvalue weighted by Gasteiger charge is -2.38. The van der Waals surface area contributed by atoms with Gasteiger partial charge in [0.05, 0.1) is 0 Å². The summed E-state index contributed by atoms with van der Waals surface area (Å²) in [6, 6.07) is 18.5. The molecule has 0 heterocycles. The average Bonchev–Trinajstić information content (AvgIpc) is 2.77. The van der Waals surface area contributed by atoms with Crippen molar-refractivity contribution < 1.29 is 14.0 Å². The van der Waals surface area contributed by atoms with Crippen molar-refractivity contribution in [3.8, 4) is 0 Å². The van der Waals surface area contributed by atoms with E-state index in [4.69, 9.17) is 9.16 Å². The van der Waals surface area contributed by atoms with Crippen molar-refractivity contribution in [2.75, 3.05) is 0 Å². The van der Waals surface area contributed by atoms with E-state index in [9.17, 15) is 4.79 Å². The second-order valence-electron chi connectivity index (χ2n) is 12.0. The van der Waals surface area contributed by atoms with Crippen molar-refractivity contribution in [1.82, 2.24) is 0 Å². The molecule has 0 saturated carbocycles. The van der Waals surface area contributed by atoms with Crippen molar-refractivity contribution in [1.29, 1.82) is 0 Å². The lowest BCUT2D eigenvalue weighted by Crippen LogP contribution is -2.47. The topological polar surface area (TPSA) is 35.5 Å². The zero-order valence-corrected chi connectivity index (χ0v) is 23.1. The number of hydrogen-bond acceptors (Lipinski definition) is 3. The minimum absolute atomic E-state index is 0.00997. The van der Waals surface area contributed by atoms with E-state index >= 15 is 0 Å². The van der Waals surface area contributed by atoms with Crippen LogP contribution in [0.15, 0.2) is 60.7 Å². The van der Waals surface area contributed by atoms with Crippen LogP contribution in [0.4, 0.5) is 0 Å². The normalized spacial score (nSPS) is 17.1. The molecular formula is C30H42O3Si. The molecule has 3 nitrogen and oxygen atoms in total. The number of esters is 1. The summed E-state index contributed by atoms with van der Waals surface area (Å²) in [5, 5.41) is 0.00997. The van der Waals surface area contributed by atoms with Gasteiger partial charge in [-0.3, -0.25) is 0 Å². The van der Waals surface area contributed by atoms with Gasteiger partial charge in [-0.25, -0.2) is 4.79 Å². The Morgan fingerprint density at radius 3 is 2.21 bits per heavy atom. The summed E-state index contributed by atoms with van der Waals surface area (Å²) in [6.45, 7) is 15.9. The van der Waals surface area contributed by atoms with Crippen LogP contribution in [0.3, 0.4) is 0 Å². The minimum Gasteiger partial charge on any atom is -0.459 e. The number of allylic oxidation sites excluding steroid dienone is 2. The number of carbonyl (C=O) groups excluding carboxylic acids is 1. The molecule has 1 aliphatic carbocycles. The fraction of sp³-hybridized carbons (Fsp3) is 0.500. The number of rotatable bonds is 8. The first-order chi connectivity index (χ1) is 15.9. The number of carbonyl (C=O) groups is 1. The zero-order chi connectivity index (χ0) is 25.0. The van der Waals surface area contributed by atoms with Gasteiger partial charge in [0.1, 0.15) is 12.7 Å². The van der Waals surface area contributed by atoms with Crippen LogP contribution in [-0.4, -0.2) is 20.4 Å². The molecule has 4 heteroatoms. The molecule has 0 aromatic heterocycles. The third-order valence-electron chi connectivity index (χ3n) is 7.45. The first kappa shape index (κ1) is 26.4. The third-order valence-corrected chi connectivity index (χ3v) is 11.9. The molecule has 2 aromatic carbocycles. The summed E-state index contributed by atoms with van der Waals surface area (Å²) < 4.78 is 12.3. The minimum atomic E-state index is -2.15. The van der Waals surface area contributed by atoms with Crippen LogP contribution in [0.25, 0.3) is 5.57 Å². The maximum Gasteiger partial charge on any atom is 0.334 e. The van der Waals surface area contributed by atoms with Crippen LogP contribution >= 0.6 is 0 Å². The van der Waals surface area contributed by atoms with Gasteiger partial charge in [0.25, 0.3) is 0 Å². The molecule has 0 fully saturated rings. The van der Waals surface area contributed by atoms with E-state index in [2.05, 4.69) is 78.1 Å². The van der Waals surface area contributed by atoms with Gasteiger partial charge in [-0.1, -0.05) is 95.3 Å². The Hall–Kier alpha value is -2.17. The maximum atomic E-state index is 13.2. The molecule has 184 valence electrons. The van der Waals surface area contributed by atoms with Gasteiger partial charge in [-0.05, 0) is 65.1 Å². The Balaban J connectivity index is 1.73. The number of ether oxygens (including phenoxy) is 1. The third kappa shape index (κ3) is 7.16. The summed E-state index contributed by atoms with van der Waals surface area (Å²) in [5.74, 6) is -0.282. The predicted octanol–water partition coefficient (Wildman–Crippen LogP) is 7.96. The van der Waals surface area contributed by atoms with E-state index in [1.165, 1.54) is 17.6 Å². The van der Waals surface area contributed by atoms with Gasteiger partial charge in [-0.2, -0.15) is 0 Å². The summed E-state index contributed by atoms with van der Waals surface area (Å²) in [5.41, 5.74) is 5.20. The standard InChI is InChI=1S/C30H42O3Si/c1-29(2,3)34(6,7)33-27(28(31)32-22-24-11-9-8-10-12-24)21-23-13-15-25(16-14-23)26-17-19-30(4,5)20-18-26/h8-17,27H,18-22H2,1-7H3/t27-/m1/s1. The molecule has 0 bridgehead atoms. The van der Waals surface area contributed by atoms with Crippen LogP contribution in [0.2, 0.25) is 18.1 Å². The smallest absolute Gasteiger partial charge is 0.334 e. The fourth-order valence-corrected chi connectivity index (χ4v) is 5.18. The van der Waals surface area contributed by atoms with Crippen LogP contribution in [0, 0.1) is 5.41 Å². The molecule has 0 aliphatic heterocycles. The van der Waals surface area contributed by atoms with E-state index < -0.39 is 14.4 Å². The van der Waals surface area contributed by atoms with Crippen LogP contribution in [0.1, 0.15) is 70.6 Å². The number of hydrogen-bond donors (Lipinski definition) is 0. The van der Waals surface area contributed by atoms with Crippen LogP contribution in [-0.2, 0) is 27.0 Å². The quantitative estimate of drug-likeness (QED) is 0.285. The highest BCUT2D eigenvalue weighted by Gasteiger charge is 2.41. The first-order valence-electron chi connectivity index (χ1n) is 12.5. The van der Waals surface area contributed by atoms with E-state index in [0.29, 0.717) is 11.8 Å². The largest absolute Gasteiger partial charge is 0.459 e. The Morgan fingerprint density at radius 2 is 1.65 bits per heavy atom. The molecule has 2 aromatic rings. The van der Waals surface area contributed by atoms with Gasteiger partial charge in [-0.15, -0.1) is 0 Å². The van der Waals surface area contributed by atoms with E-state index in [1.807, 2.05) is 30.3 Å². The van der Waals surface area contributed by atoms with Gasteiger partial charge >= 0.3 is 5.97 Å². The second-order valence-corrected chi connectivity index (χ2v) is 16.7. The molecule has 0 saturated heterocycles. The lowest BCUT2D eigenvalue weighted by atomic mass is 9.77. The monoisotopic (exact) mass is 478 g/mol. The highest BCUT2D eigenvalue weighted by molar-refractivity contribution is 6.74. The molecule has 0 spiro atoms. The highest BCUT2D eigenvalue weighted by atomic mass is 28.4. The van der Waals surface area contributed by atoms with Gasteiger partial charge in [0.15, 0.2) is 8.32 Å². The Bertz CT molecular complexity index is 982. The molecule has 1 atom stereocenters. The molecule has 0 N–H and O–H groups in total. The molecule has 1 aliphatic rings. The Labute approximate surface area is 207 Å². The zero-order valence-electron chi connectivity index (χ0n) is 22.1.